The number of aliphatic imine (C=N–C) groups is 1. The molecule has 152 valence electrons. The monoisotopic (exact) mass is 400 g/mol. The van der Waals surface area contributed by atoms with Crippen LogP contribution in [-0.4, -0.2) is 69.8 Å². The van der Waals surface area contributed by atoms with Crippen LogP contribution in [0.15, 0.2) is 53.9 Å². The Hall–Kier alpha value is -3.16. The molecular formula is C23H24N6O. The van der Waals surface area contributed by atoms with Gasteiger partial charge in [-0.05, 0) is 24.2 Å². The normalized spacial score (nSPS) is 17.3. The molecule has 0 N–H and O–H groups in total. The van der Waals surface area contributed by atoms with E-state index in [1.807, 2.05) is 12.4 Å². The molecule has 0 saturated carbocycles. The van der Waals surface area contributed by atoms with Crippen molar-refractivity contribution in [1.82, 2.24) is 24.6 Å². The molecule has 4 heterocycles. The molecule has 2 aliphatic heterocycles. The molecule has 2 aliphatic rings. The Morgan fingerprint density at radius 1 is 1.00 bits per heavy atom. The third-order valence-electron chi connectivity index (χ3n) is 5.79. The molecule has 1 saturated heterocycles. The van der Waals surface area contributed by atoms with Gasteiger partial charge < -0.3 is 4.90 Å². The second kappa shape index (κ2) is 7.93. The number of fused-ring (bicyclic) bond motifs is 1. The average molecular weight is 400 g/mol. The third-order valence-corrected chi connectivity index (χ3v) is 5.79. The van der Waals surface area contributed by atoms with Crippen LogP contribution in [0.5, 0.6) is 0 Å². The first-order valence-electron chi connectivity index (χ1n) is 10.3. The summed E-state index contributed by atoms with van der Waals surface area (Å²) in [7, 11) is 2.18. The molecule has 30 heavy (non-hydrogen) atoms. The fourth-order valence-corrected chi connectivity index (χ4v) is 3.95. The minimum Gasteiger partial charge on any atom is -0.304 e. The minimum absolute atomic E-state index is 0.0620. The van der Waals surface area contributed by atoms with Crippen LogP contribution in [0.1, 0.15) is 22.3 Å². The van der Waals surface area contributed by atoms with Crippen LogP contribution < -0.4 is 0 Å². The molecule has 0 radical (unpaired) electrons. The zero-order valence-electron chi connectivity index (χ0n) is 17.0. The number of rotatable bonds is 4. The molecule has 2 aromatic heterocycles. The Bertz CT molecular complexity index is 1090. The van der Waals surface area contributed by atoms with Crippen molar-refractivity contribution in [2.45, 2.75) is 13.0 Å². The maximum Gasteiger partial charge on any atom is 0.180 e. The van der Waals surface area contributed by atoms with Crippen LogP contribution in [-0.2, 0) is 6.54 Å². The number of ketones is 1. The highest BCUT2D eigenvalue weighted by molar-refractivity contribution is 6.10. The summed E-state index contributed by atoms with van der Waals surface area (Å²) in [5.41, 5.74) is 4.63. The number of carbonyl (C=O) groups is 1. The van der Waals surface area contributed by atoms with Gasteiger partial charge >= 0.3 is 0 Å². The van der Waals surface area contributed by atoms with Gasteiger partial charge in [0.1, 0.15) is 5.69 Å². The lowest BCUT2D eigenvalue weighted by molar-refractivity contribution is 0.100. The SMILES string of the molecule is CN1CCN(Cc2ccc(-c3cnn(-c4nccc5c4N=CCC5=O)c3)cc2)CC1. The second-order valence-electron chi connectivity index (χ2n) is 7.92. The van der Waals surface area contributed by atoms with Gasteiger partial charge in [0.15, 0.2) is 11.6 Å². The molecule has 0 spiro atoms. The predicted octanol–water partition coefficient (Wildman–Crippen LogP) is 2.97. The van der Waals surface area contributed by atoms with Crippen molar-refractivity contribution in [1.29, 1.82) is 0 Å². The van der Waals surface area contributed by atoms with Crippen LogP contribution in [0.4, 0.5) is 5.69 Å². The van der Waals surface area contributed by atoms with Gasteiger partial charge in [-0.1, -0.05) is 24.3 Å². The molecule has 0 amide bonds. The van der Waals surface area contributed by atoms with Gasteiger partial charge in [-0.3, -0.25) is 14.7 Å². The average Bonchev–Trinajstić information content (AvgIpc) is 3.26. The molecule has 7 heteroatoms. The number of pyridine rings is 1. The fraction of sp³-hybridized carbons (Fsp3) is 0.304. The molecule has 5 rings (SSSR count). The zero-order valence-corrected chi connectivity index (χ0v) is 17.0. The van der Waals surface area contributed by atoms with E-state index in [4.69, 9.17) is 0 Å². The molecule has 7 nitrogen and oxygen atoms in total. The van der Waals surface area contributed by atoms with Crippen LogP contribution in [0.25, 0.3) is 16.9 Å². The Morgan fingerprint density at radius 2 is 1.80 bits per heavy atom. The van der Waals surface area contributed by atoms with Gasteiger partial charge in [-0.15, -0.1) is 0 Å². The van der Waals surface area contributed by atoms with Crippen LogP contribution in [0.3, 0.4) is 0 Å². The number of Topliss-reactive ketones (excluding diaryl/α,β-unsaturated/α-hetero) is 1. The van der Waals surface area contributed by atoms with Crippen LogP contribution in [0.2, 0.25) is 0 Å². The number of likely N-dealkylation sites (N-methyl/N-ethyl adjacent to an activating group) is 1. The van der Waals surface area contributed by atoms with E-state index in [0.29, 0.717) is 23.5 Å². The van der Waals surface area contributed by atoms with E-state index in [1.165, 1.54) is 5.56 Å². The smallest absolute Gasteiger partial charge is 0.180 e. The summed E-state index contributed by atoms with van der Waals surface area (Å²) in [4.78, 5) is 25.8. The van der Waals surface area contributed by atoms with Gasteiger partial charge in [-0.2, -0.15) is 5.10 Å². The van der Waals surface area contributed by atoms with E-state index >= 15 is 0 Å². The second-order valence-corrected chi connectivity index (χ2v) is 7.92. The van der Waals surface area contributed by atoms with Crippen molar-refractivity contribution in [3.8, 4) is 16.9 Å². The third kappa shape index (κ3) is 3.69. The van der Waals surface area contributed by atoms with Crippen molar-refractivity contribution in [2.75, 3.05) is 33.2 Å². The first-order valence-corrected chi connectivity index (χ1v) is 10.3. The standard InChI is InChI=1S/C23H24N6O/c1-27-10-12-28(13-11-27)15-17-2-4-18(5-3-17)19-14-26-29(16-19)23-22-20(6-8-25-23)21(30)7-9-24-22/h2-6,8-9,14,16H,7,10-13,15H2,1H3. The number of hydrogen-bond acceptors (Lipinski definition) is 6. The largest absolute Gasteiger partial charge is 0.304 e. The molecule has 0 aliphatic carbocycles. The summed E-state index contributed by atoms with van der Waals surface area (Å²) in [6.07, 6.45) is 7.37. The van der Waals surface area contributed by atoms with Gasteiger partial charge in [0.25, 0.3) is 0 Å². The Labute approximate surface area is 175 Å². The van der Waals surface area contributed by atoms with E-state index in [-0.39, 0.29) is 5.78 Å². The molecule has 1 fully saturated rings. The summed E-state index contributed by atoms with van der Waals surface area (Å²) in [5, 5.41) is 4.48. The first kappa shape index (κ1) is 18.8. The quantitative estimate of drug-likeness (QED) is 0.674. The summed E-state index contributed by atoms with van der Waals surface area (Å²) < 4.78 is 1.70. The molecular weight excluding hydrogens is 376 g/mol. The number of aromatic nitrogens is 3. The Balaban J connectivity index is 1.35. The van der Waals surface area contributed by atoms with Gasteiger partial charge in [0.05, 0.1) is 6.20 Å². The number of piperazine rings is 1. The number of carbonyl (C=O) groups excluding carboxylic acids is 1. The minimum atomic E-state index is 0.0620. The van der Waals surface area contributed by atoms with E-state index in [2.05, 4.69) is 56.2 Å². The maximum atomic E-state index is 12.1. The summed E-state index contributed by atoms with van der Waals surface area (Å²) >= 11 is 0. The zero-order chi connectivity index (χ0) is 20.5. The molecule has 3 aromatic rings. The summed E-state index contributed by atoms with van der Waals surface area (Å²) in [6.45, 7) is 5.47. The highest BCUT2D eigenvalue weighted by Crippen LogP contribution is 2.30. The molecule has 0 unspecified atom stereocenters. The lowest BCUT2D eigenvalue weighted by Gasteiger charge is -2.32. The van der Waals surface area contributed by atoms with E-state index < -0.39 is 0 Å². The van der Waals surface area contributed by atoms with Crippen LogP contribution in [0, 0.1) is 0 Å². The Morgan fingerprint density at radius 3 is 2.60 bits per heavy atom. The fourth-order valence-electron chi connectivity index (χ4n) is 3.95. The van der Waals surface area contributed by atoms with Crippen molar-refractivity contribution in [3.05, 3.63) is 60.0 Å². The van der Waals surface area contributed by atoms with E-state index in [9.17, 15) is 4.79 Å². The van der Waals surface area contributed by atoms with Crippen molar-refractivity contribution in [3.63, 3.8) is 0 Å². The van der Waals surface area contributed by atoms with Gasteiger partial charge in [0, 0.05) is 68.9 Å². The lowest BCUT2D eigenvalue weighted by Crippen LogP contribution is -2.43. The van der Waals surface area contributed by atoms with Crippen molar-refractivity contribution >= 4 is 17.7 Å². The van der Waals surface area contributed by atoms with Gasteiger partial charge in [-0.25, -0.2) is 9.67 Å². The summed E-state index contributed by atoms with van der Waals surface area (Å²) in [5.74, 6) is 0.640. The van der Waals surface area contributed by atoms with E-state index in [1.54, 1.807) is 23.2 Å². The van der Waals surface area contributed by atoms with Gasteiger partial charge in [0.2, 0.25) is 0 Å². The topological polar surface area (TPSA) is 66.6 Å². The first-order chi connectivity index (χ1) is 14.7. The van der Waals surface area contributed by atoms with Crippen molar-refractivity contribution < 1.29 is 4.79 Å². The van der Waals surface area contributed by atoms with Crippen molar-refractivity contribution in [2.24, 2.45) is 4.99 Å². The number of hydrogen-bond donors (Lipinski definition) is 0. The molecule has 1 aromatic carbocycles. The summed E-state index contributed by atoms with van der Waals surface area (Å²) in [6, 6.07) is 10.4. The number of benzene rings is 1. The maximum absolute atomic E-state index is 12.1. The molecule has 0 bridgehead atoms. The number of nitrogens with zero attached hydrogens (tertiary/aromatic N) is 6. The van der Waals surface area contributed by atoms with Crippen LogP contribution >= 0.6 is 0 Å². The highest BCUT2D eigenvalue weighted by atomic mass is 16.1. The van der Waals surface area contributed by atoms with E-state index in [0.717, 1.165) is 43.9 Å². The lowest BCUT2D eigenvalue weighted by atomic mass is 10.1. The predicted molar refractivity (Wildman–Crippen MR) is 117 cm³/mol. The highest BCUT2D eigenvalue weighted by Gasteiger charge is 2.20. The Kier molecular flexibility index (Phi) is 4.98. The molecule has 0 atom stereocenters.